The molecular formula is C12H14F3NO2S. The highest BCUT2D eigenvalue weighted by molar-refractivity contribution is 7.91. The lowest BCUT2D eigenvalue weighted by Crippen LogP contribution is -2.25. The van der Waals surface area contributed by atoms with Gasteiger partial charge in [-0.25, -0.2) is 4.39 Å². The summed E-state index contributed by atoms with van der Waals surface area (Å²) < 4.78 is 56.2. The molecule has 0 spiro atoms. The maximum atomic E-state index is 13.2. The van der Waals surface area contributed by atoms with Crippen molar-refractivity contribution in [1.29, 1.82) is 0 Å². The predicted octanol–water partition coefficient (Wildman–Crippen LogP) is 3.31. The molecule has 0 aliphatic carbocycles. The topological polar surface area (TPSA) is 44.7 Å². The Morgan fingerprint density at radius 1 is 1.37 bits per heavy atom. The average Bonchev–Trinajstić information content (AvgIpc) is 2.27. The van der Waals surface area contributed by atoms with Crippen molar-refractivity contribution >= 4 is 17.6 Å². The van der Waals surface area contributed by atoms with Gasteiger partial charge < -0.3 is 9.29 Å². The molecule has 0 aromatic heterocycles. The Labute approximate surface area is 112 Å². The molecule has 0 saturated carbocycles. The van der Waals surface area contributed by atoms with Gasteiger partial charge in [-0.3, -0.25) is 0 Å². The molecular weight excluding hydrogens is 279 g/mol. The lowest BCUT2D eigenvalue weighted by Gasteiger charge is -2.17. The van der Waals surface area contributed by atoms with Crippen molar-refractivity contribution in [3.8, 4) is 5.75 Å². The summed E-state index contributed by atoms with van der Waals surface area (Å²) in [6.07, 6.45) is 1.24. The van der Waals surface area contributed by atoms with E-state index in [0.717, 1.165) is 12.1 Å². The van der Waals surface area contributed by atoms with Crippen LogP contribution in [0.4, 0.5) is 13.2 Å². The van der Waals surface area contributed by atoms with Gasteiger partial charge in [-0.15, -0.1) is 0 Å². The summed E-state index contributed by atoms with van der Waals surface area (Å²) in [7, 11) is 0. The molecule has 0 radical (unpaired) electrons. The number of nitrogens with zero attached hydrogens (tertiary/aromatic N) is 1. The van der Waals surface area contributed by atoms with Crippen molar-refractivity contribution < 1.29 is 22.5 Å². The quantitative estimate of drug-likeness (QED) is 0.631. The molecule has 1 unspecified atom stereocenters. The van der Waals surface area contributed by atoms with E-state index in [1.54, 1.807) is 20.8 Å². The lowest BCUT2D eigenvalue weighted by molar-refractivity contribution is -0.0521. The second kappa shape index (κ2) is 6.29. The largest absolute Gasteiger partial charge is 0.591 e. The van der Waals surface area contributed by atoms with Gasteiger partial charge in [-0.05, 0) is 32.9 Å². The molecule has 19 heavy (non-hydrogen) atoms. The van der Waals surface area contributed by atoms with Crippen LogP contribution in [0.2, 0.25) is 0 Å². The van der Waals surface area contributed by atoms with E-state index >= 15 is 0 Å². The van der Waals surface area contributed by atoms with Crippen LogP contribution in [0.1, 0.15) is 26.3 Å². The molecule has 1 aromatic rings. The number of rotatable bonds is 4. The molecule has 0 heterocycles. The molecule has 0 saturated heterocycles. The fourth-order valence-electron chi connectivity index (χ4n) is 1.05. The first-order chi connectivity index (χ1) is 8.70. The smallest absolute Gasteiger partial charge is 0.387 e. The predicted molar refractivity (Wildman–Crippen MR) is 68.5 cm³/mol. The van der Waals surface area contributed by atoms with Gasteiger partial charge in [0.2, 0.25) is 0 Å². The van der Waals surface area contributed by atoms with Crippen LogP contribution in [-0.2, 0) is 11.4 Å². The minimum Gasteiger partial charge on any atom is -0.591 e. The van der Waals surface area contributed by atoms with Gasteiger partial charge in [0.25, 0.3) is 0 Å². The van der Waals surface area contributed by atoms with Gasteiger partial charge in [0.05, 0.1) is 6.21 Å². The Kier molecular flexibility index (Phi) is 5.25. The van der Waals surface area contributed by atoms with Gasteiger partial charge in [-0.1, -0.05) is 10.5 Å². The maximum absolute atomic E-state index is 13.2. The molecule has 1 atom stereocenters. The van der Waals surface area contributed by atoms with Crippen LogP contribution < -0.4 is 4.74 Å². The van der Waals surface area contributed by atoms with E-state index < -0.39 is 34.3 Å². The zero-order chi connectivity index (χ0) is 14.6. The van der Waals surface area contributed by atoms with Crippen LogP contribution in [0.15, 0.2) is 22.6 Å². The standard InChI is InChI=1S/C12H14F3NO2S/c1-12(2,3)19(17)16-7-8-4-5-9(13)10(6-8)18-11(14)15/h4-7,11H,1-3H3/b16-7+. The monoisotopic (exact) mass is 293 g/mol. The van der Waals surface area contributed by atoms with Gasteiger partial charge in [-0.2, -0.15) is 8.78 Å². The fraction of sp³-hybridized carbons (Fsp3) is 0.417. The number of ether oxygens (including phenoxy) is 1. The second-order valence-corrected chi connectivity index (χ2v) is 6.60. The van der Waals surface area contributed by atoms with Crippen LogP contribution in [-0.4, -0.2) is 22.1 Å². The third-order valence-corrected chi connectivity index (χ3v) is 3.34. The first-order valence-electron chi connectivity index (χ1n) is 5.40. The first kappa shape index (κ1) is 15.8. The molecule has 0 aliphatic heterocycles. The molecule has 1 rings (SSSR count). The average molecular weight is 293 g/mol. The zero-order valence-corrected chi connectivity index (χ0v) is 11.5. The van der Waals surface area contributed by atoms with E-state index in [1.165, 1.54) is 12.3 Å². The van der Waals surface area contributed by atoms with Gasteiger partial charge >= 0.3 is 6.61 Å². The Bertz CT molecular complexity index is 461. The van der Waals surface area contributed by atoms with Crippen molar-refractivity contribution in [2.24, 2.45) is 4.40 Å². The molecule has 0 aliphatic rings. The van der Waals surface area contributed by atoms with Crippen molar-refractivity contribution in [3.05, 3.63) is 29.6 Å². The summed E-state index contributed by atoms with van der Waals surface area (Å²) in [5.74, 6) is -1.46. The highest BCUT2D eigenvalue weighted by atomic mass is 32.2. The van der Waals surface area contributed by atoms with Crippen LogP contribution in [0.25, 0.3) is 0 Å². The summed E-state index contributed by atoms with van der Waals surface area (Å²) in [5, 5.41) is 0. The first-order valence-corrected chi connectivity index (χ1v) is 6.51. The summed E-state index contributed by atoms with van der Waals surface area (Å²) in [6.45, 7) is 2.13. The lowest BCUT2D eigenvalue weighted by atomic mass is 10.2. The summed E-state index contributed by atoms with van der Waals surface area (Å²) in [4.78, 5) is 0. The van der Waals surface area contributed by atoms with Crippen LogP contribution in [0.3, 0.4) is 0 Å². The summed E-state index contributed by atoms with van der Waals surface area (Å²) in [6, 6.07) is 3.39. The van der Waals surface area contributed by atoms with Crippen LogP contribution >= 0.6 is 0 Å². The summed E-state index contributed by atoms with van der Waals surface area (Å²) >= 11 is -1.47. The highest BCUT2D eigenvalue weighted by Crippen LogP contribution is 2.21. The Morgan fingerprint density at radius 3 is 2.53 bits per heavy atom. The molecule has 1 aromatic carbocycles. The SMILES string of the molecule is CC(C)(C)[S+]([O-])/N=C/c1ccc(F)c(OC(F)F)c1. The maximum Gasteiger partial charge on any atom is 0.387 e. The van der Waals surface area contributed by atoms with Gasteiger partial charge in [0.15, 0.2) is 11.6 Å². The Balaban J connectivity index is 2.88. The van der Waals surface area contributed by atoms with E-state index in [1.807, 2.05) is 0 Å². The molecule has 3 nitrogen and oxygen atoms in total. The zero-order valence-electron chi connectivity index (χ0n) is 10.7. The number of alkyl halides is 2. The number of benzene rings is 1. The van der Waals surface area contributed by atoms with Crippen molar-refractivity contribution in [3.63, 3.8) is 0 Å². The van der Waals surface area contributed by atoms with Crippen molar-refractivity contribution in [2.45, 2.75) is 32.1 Å². The minimum atomic E-state index is -3.11. The van der Waals surface area contributed by atoms with Crippen molar-refractivity contribution in [2.75, 3.05) is 0 Å². The molecule has 0 bridgehead atoms. The third kappa shape index (κ3) is 5.12. The molecule has 0 amide bonds. The van der Waals surface area contributed by atoms with Crippen LogP contribution in [0.5, 0.6) is 5.75 Å². The van der Waals surface area contributed by atoms with Crippen LogP contribution in [0, 0.1) is 5.82 Å². The van der Waals surface area contributed by atoms with E-state index in [4.69, 9.17) is 0 Å². The Hall–Kier alpha value is -1.21. The van der Waals surface area contributed by atoms with E-state index in [0.29, 0.717) is 5.56 Å². The summed E-state index contributed by atoms with van der Waals surface area (Å²) in [5.41, 5.74) is 0.328. The molecule has 7 heteroatoms. The highest BCUT2D eigenvalue weighted by Gasteiger charge is 2.25. The fourth-order valence-corrected chi connectivity index (χ4v) is 1.59. The molecule has 0 fully saturated rings. The van der Waals surface area contributed by atoms with E-state index in [-0.39, 0.29) is 0 Å². The number of hydrogen-bond acceptors (Lipinski definition) is 3. The van der Waals surface area contributed by atoms with Crippen molar-refractivity contribution in [1.82, 2.24) is 0 Å². The van der Waals surface area contributed by atoms with E-state index in [9.17, 15) is 17.7 Å². The Morgan fingerprint density at radius 2 is 2.00 bits per heavy atom. The van der Waals surface area contributed by atoms with Gasteiger partial charge in [0.1, 0.15) is 16.1 Å². The normalized spacial score (nSPS) is 14.1. The van der Waals surface area contributed by atoms with E-state index in [2.05, 4.69) is 9.13 Å². The third-order valence-electron chi connectivity index (χ3n) is 1.99. The number of hydrogen-bond donors (Lipinski definition) is 0. The molecule has 0 N–H and O–H groups in total. The molecule has 106 valence electrons. The minimum absolute atomic E-state index is 0.328. The number of halogens is 3. The van der Waals surface area contributed by atoms with Gasteiger partial charge in [0, 0.05) is 5.56 Å². The second-order valence-electron chi connectivity index (χ2n) is 4.66.